The van der Waals surface area contributed by atoms with Crippen molar-refractivity contribution in [3.05, 3.63) is 117 Å². The topological polar surface area (TPSA) is 504 Å². The highest BCUT2D eigenvalue weighted by Crippen LogP contribution is 2.50. The lowest BCUT2D eigenvalue weighted by atomic mass is 9.84. The van der Waals surface area contributed by atoms with Gasteiger partial charge in [-0.05, 0) is 123 Å². The molecule has 0 aliphatic carbocycles. The van der Waals surface area contributed by atoms with Crippen LogP contribution in [0.4, 0.5) is 0 Å². The van der Waals surface area contributed by atoms with Gasteiger partial charge < -0.3 is 122 Å². The first kappa shape index (κ1) is 87.5. The van der Waals surface area contributed by atoms with Gasteiger partial charge in [-0.2, -0.15) is 0 Å². The number of Topliss-reactive ketones (excluding diaryl/α,β-unsaturated/α-hetero) is 2. The Morgan fingerprint density at radius 2 is 1.34 bits per heavy atom. The number of benzene rings is 5. The predicted molar refractivity (Wildman–Crippen MR) is 411 cm³/mol. The number of hydrogen-bond donors (Lipinski definition) is 18. The summed E-state index contributed by atoms with van der Waals surface area (Å²) in [6.07, 6.45) is -10.7. The van der Waals surface area contributed by atoms with Crippen LogP contribution in [0.1, 0.15) is 176 Å². The fourth-order valence-electron chi connectivity index (χ4n) is 15.1. The van der Waals surface area contributed by atoms with Gasteiger partial charge in [-0.15, -0.1) is 0 Å². The Labute approximate surface area is 668 Å². The molecular weight excluding hydrogens is 1530 g/mol. The zero-order valence-electron chi connectivity index (χ0n) is 63.9. The first-order chi connectivity index (χ1) is 54.2. The number of aromatic hydroxyl groups is 3. The summed E-state index contributed by atoms with van der Waals surface area (Å²) in [7, 11) is 1.50. The van der Waals surface area contributed by atoms with Gasteiger partial charge in [0, 0.05) is 67.1 Å². The monoisotopic (exact) mass is 1630 g/mol. The summed E-state index contributed by atoms with van der Waals surface area (Å²) in [5.74, 6) is -18.4. The van der Waals surface area contributed by atoms with E-state index in [4.69, 9.17) is 57.4 Å². The van der Waals surface area contributed by atoms with Crippen molar-refractivity contribution >= 4 is 70.3 Å². The van der Waals surface area contributed by atoms with E-state index in [9.17, 15) is 70.2 Å². The maximum Gasteiger partial charge on any atom is 0.330 e. The third-order valence-corrected chi connectivity index (χ3v) is 22.0. The molecule has 18 unspecified atom stereocenters. The molecule has 19 N–H and O–H groups in total. The maximum absolute atomic E-state index is 16.3. The number of ketones is 2. The fourth-order valence-corrected chi connectivity index (χ4v) is 15.6. The van der Waals surface area contributed by atoms with Crippen LogP contribution >= 0.6 is 23.2 Å². The van der Waals surface area contributed by atoms with E-state index in [2.05, 4.69) is 44.1 Å². The summed E-state index contributed by atoms with van der Waals surface area (Å²) in [6, 6.07) is 4.81. The average molecular weight is 1630 g/mol. The van der Waals surface area contributed by atoms with Crippen LogP contribution in [0.5, 0.6) is 46.0 Å². The van der Waals surface area contributed by atoms with Crippen LogP contribution in [-0.2, 0) is 52.6 Å². The Kier molecular flexibility index (Phi) is 29.7. The number of hydrogen-bond acceptors (Lipinski definition) is 26. The lowest BCUT2D eigenvalue weighted by Crippen LogP contribution is -2.65. The minimum atomic E-state index is -2.25. The number of nitrogens with one attached hydrogen (secondary N) is 7. The van der Waals surface area contributed by atoms with Crippen LogP contribution in [0.25, 0.3) is 11.1 Å². The summed E-state index contributed by atoms with van der Waals surface area (Å²) in [6.45, 7) is 9.97. The van der Waals surface area contributed by atoms with E-state index in [1.165, 1.54) is 63.4 Å². The Hall–Kier alpha value is -8.84. The molecule has 0 spiro atoms. The Morgan fingerprint density at radius 1 is 0.702 bits per heavy atom. The highest BCUT2D eigenvalue weighted by atomic mass is 35.5. The number of phenols is 3. The standard InChI is InChI=1S/C80H102Cl2N8O24/c1-7-8-9-10-11-12-13-14-21-85-22-23-86-80(5)35-61(109-38(4)73(80)102)113-72-70(101)69(100)59(36-91)112-79(72)114-71-57-29-42-30-58(71)111-56-20-17-41(27-49(56)82)68(99)66-77(106)88-64(78(107)108)47-32-44(92)33-52(94)62(47)46-25-39(15-18-51(46)93)45(75(104)90-66)34-54(96)63(42)87-74(103)43(31-60(83)97)28-53(95)65(89-76(105)50(84-6)24-37(2)3)67(98)40-16-19-55(110-57)48(81)26-40/h15-20,25-27,29-30,32-33,37-38,43,45,50,59,61,63-70,72-73,79,84-86,91-94,98-102H,7-14,21-24,28,31,34-36H2,1-6H3,(H2,83,97)(H,87,103)(H,88,106)(H,89,105)(H,90,104)(H,107,108). The van der Waals surface area contributed by atoms with E-state index in [1.54, 1.807) is 13.8 Å². The predicted octanol–water partition coefficient (Wildman–Crippen LogP) is 5.44. The van der Waals surface area contributed by atoms with E-state index in [1.807, 2.05) is 13.8 Å². The molecule has 0 aromatic heterocycles. The summed E-state index contributed by atoms with van der Waals surface area (Å²) in [5, 5.41) is 135. The Bertz CT molecular complexity index is 4330. The van der Waals surface area contributed by atoms with Crippen LogP contribution in [0.2, 0.25) is 10.0 Å². The third kappa shape index (κ3) is 20.7. The molecule has 7 aliphatic rings. The van der Waals surface area contributed by atoms with Gasteiger partial charge in [0.05, 0.1) is 46.7 Å². The number of halogens is 2. The molecule has 18 atom stereocenters. The zero-order valence-corrected chi connectivity index (χ0v) is 65.5. The number of carboxylic acid groups (broad SMARTS) is 1. The van der Waals surface area contributed by atoms with E-state index < -0.39 is 238 Å². The lowest BCUT2D eigenvalue weighted by Gasteiger charge is -2.48. The van der Waals surface area contributed by atoms with E-state index in [-0.39, 0.29) is 57.5 Å². The van der Waals surface area contributed by atoms with Gasteiger partial charge in [-0.3, -0.25) is 33.6 Å². The van der Waals surface area contributed by atoms with E-state index in [0.717, 1.165) is 80.4 Å². The van der Waals surface area contributed by atoms with Crippen molar-refractivity contribution in [1.82, 2.24) is 37.2 Å². The second kappa shape index (κ2) is 38.7. The number of phenolic OH excluding ortho intramolecular Hbond substituents is 3. The SMILES string of the molecule is CCCCCCCCCCNCCNC1(C)CC(OC2C(Oc3c4cc5cc3Oc3ccc(cc3Cl)C(O)C3NC(=O)C(CC(=O)C5NC(=O)C(CC(N)=O)CC(=O)C(NC(=O)C(CC(C)C)NC)C(O)c5ccc(c(Cl)c5)O4)c4ccc(O)c(c4)-c4c(O)cc(O)cc4C(C(=O)O)NC3=O)OC(CO)C(O)C2O)OC(C)C1O. The molecule has 2 saturated heterocycles. The van der Waals surface area contributed by atoms with Crippen molar-refractivity contribution in [3.8, 4) is 57.1 Å². The molecule has 0 radical (unpaired) electrons. The molecule has 0 saturated carbocycles. The first-order valence-corrected chi connectivity index (χ1v) is 39.1. The van der Waals surface area contributed by atoms with Gasteiger partial charge in [0.1, 0.15) is 77.4 Å². The smallest absolute Gasteiger partial charge is 0.330 e. The second-order valence-electron chi connectivity index (χ2n) is 30.4. The number of carbonyl (C=O) groups is 8. The zero-order chi connectivity index (χ0) is 82.7. The van der Waals surface area contributed by atoms with E-state index >= 15 is 19.2 Å². The minimum absolute atomic E-state index is 0.0784. The molecule has 5 aromatic carbocycles. The Balaban J connectivity index is 1.15. The summed E-state index contributed by atoms with van der Waals surface area (Å²) in [4.78, 5) is 118. The number of aliphatic carboxylic acids is 1. The van der Waals surface area contributed by atoms with Gasteiger partial charge in [0.2, 0.25) is 41.6 Å². The number of rotatable bonds is 26. The summed E-state index contributed by atoms with van der Waals surface area (Å²) >= 11 is 14.3. The van der Waals surface area contributed by atoms with Crippen molar-refractivity contribution in [2.75, 3.05) is 33.3 Å². The normalized spacial score (nSPS) is 27.6. The molecule has 5 amide bonds. The molecule has 34 heteroatoms. The van der Waals surface area contributed by atoms with Crippen LogP contribution < -0.4 is 57.2 Å². The average Bonchev–Trinajstić information content (AvgIpc) is 0.772. The number of likely N-dealkylation sites (N-methyl/N-ethyl adjacent to an activating group) is 1. The van der Waals surface area contributed by atoms with E-state index in [0.29, 0.717) is 13.1 Å². The van der Waals surface area contributed by atoms with Crippen molar-refractivity contribution in [1.29, 1.82) is 0 Å². The van der Waals surface area contributed by atoms with Crippen molar-refractivity contribution in [3.63, 3.8) is 0 Å². The third-order valence-electron chi connectivity index (χ3n) is 21.4. The molecule has 5 aromatic rings. The number of nitrogens with two attached hydrogens (primary N) is 1. The molecule has 620 valence electrons. The highest BCUT2D eigenvalue weighted by Gasteiger charge is 2.52. The summed E-state index contributed by atoms with van der Waals surface area (Å²) < 4.78 is 39.5. The van der Waals surface area contributed by atoms with Gasteiger partial charge >= 0.3 is 5.97 Å². The van der Waals surface area contributed by atoms with Crippen molar-refractivity contribution in [2.45, 2.75) is 221 Å². The van der Waals surface area contributed by atoms with Crippen LogP contribution in [0.15, 0.2) is 78.9 Å². The molecule has 32 nitrogen and oxygen atoms in total. The quantitative estimate of drug-likeness (QED) is 0.0306. The number of unbranched alkanes of at least 4 members (excludes halogenated alkanes) is 7. The van der Waals surface area contributed by atoms with Gasteiger partial charge in [-0.1, -0.05) is 107 Å². The number of ether oxygens (including phenoxy) is 6. The maximum atomic E-state index is 16.3. The number of aliphatic hydroxyl groups is 6. The minimum Gasteiger partial charge on any atom is -0.508 e. The molecule has 7 aliphatic heterocycles. The van der Waals surface area contributed by atoms with Gasteiger partial charge in [-0.25, -0.2) is 4.79 Å². The molecular formula is C80H102Cl2N8O24. The number of carboxylic acids is 1. The van der Waals surface area contributed by atoms with Crippen LogP contribution in [-0.4, -0.2) is 204 Å². The first-order valence-electron chi connectivity index (χ1n) is 38.3. The molecule has 11 bridgehead atoms. The van der Waals surface area contributed by atoms with Crippen LogP contribution in [0.3, 0.4) is 0 Å². The molecule has 2 fully saturated rings. The van der Waals surface area contributed by atoms with Gasteiger partial charge in [0.15, 0.2) is 41.5 Å². The highest BCUT2D eigenvalue weighted by molar-refractivity contribution is 6.32. The van der Waals surface area contributed by atoms with Gasteiger partial charge in [0.25, 0.3) is 0 Å². The van der Waals surface area contributed by atoms with Crippen molar-refractivity contribution < 1.29 is 118 Å². The second-order valence-corrected chi connectivity index (χ2v) is 31.2. The van der Waals surface area contributed by atoms with Crippen LogP contribution in [0, 0.1) is 11.8 Å². The fraction of sp³-hybridized carbons (Fsp3) is 0.525. The number of aliphatic hydroxyl groups excluding tert-OH is 6. The molecule has 7 heterocycles. The molecule has 114 heavy (non-hydrogen) atoms. The number of amides is 5. The number of primary amides is 1. The Morgan fingerprint density at radius 3 is 1.96 bits per heavy atom. The number of carbonyl (C=O) groups excluding carboxylic acids is 7. The largest absolute Gasteiger partial charge is 0.508 e. The number of fused-ring (bicyclic) bond motifs is 15. The molecule has 12 rings (SSSR count). The van der Waals surface area contributed by atoms with Crippen molar-refractivity contribution in [2.24, 2.45) is 17.6 Å². The lowest BCUT2D eigenvalue weighted by molar-refractivity contribution is -0.334. The summed E-state index contributed by atoms with van der Waals surface area (Å²) in [5.41, 5.74) is 2.31.